The highest BCUT2D eigenvalue weighted by atomic mass is 127. The summed E-state index contributed by atoms with van der Waals surface area (Å²) >= 11 is 3.75. The molecule has 23 heteroatoms. The summed E-state index contributed by atoms with van der Waals surface area (Å²) in [5.74, 6) is -2.49. The molecule has 2 amide bonds. The summed E-state index contributed by atoms with van der Waals surface area (Å²) in [5, 5.41) is 43.3. The molecular weight excluding hydrogens is 1050 g/mol. The second kappa shape index (κ2) is 17.4. The second-order valence-corrected chi connectivity index (χ2v) is 17.4. The zero-order valence-electron chi connectivity index (χ0n) is 30.4. The quantitative estimate of drug-likeness (QED) is 0.0323. The van der Waals surface area contributed by atoms with Crippen molar-refractivity contribution < 1.29 is 60.0 Å². The number of amides is 2. The van der Waals surface area contributed by atoms with Gasteiger partial charge in [0.15, 0.2) is 11.5 Å². The number of nitrogens with one attached hydrogen (secondary N) is 2. The Morgan fingerprint density at radius 3 is 1.28 bits per heavy atom. The summed E-state index contributed by atoms with van der Waals surface area (Å²) in [6.07, 6.45) is 0. The number of hydrogen-bond acceptors (Lipinski definition) is 15. The van der Waals surface area contributed by atoms with Crippen LogP contribution in [0, 0.1) is 7.14 Å². The van der Waals surface area contributed by atoms with Crippen molar-refractivity contribution in [2.45, 2.75) is 9.79 Å². The van der Waals surface area contributed by atoms with E-state index in [0.717, 1.165) is 12.1 Å². The molecule has 60 heavy (non-hydrogen) atoms. The van der Waals surface area contributed by atoms with Crippen LogP contribution in [0.5, 0.6) is 11.5 Å². The van der Waals surface area contributed by atoms with Gasteiger partial charge in [0, 0.05) is 29.3 Å². The van der Waals surface area contributed by atoms with E-state index in [4.69, 9.17) is 9.47 Å². The molecule has 0 saturated carbocycles. The minimum absolute atomic E-state index is 0.0636. The fraction of sp³-hybridized carbons (Fsp3) is 0.0541. The Bertz CT molecular complexity index is 2890. The first kappa shape index (κ1) is 43.7. The molecule has 0 aromatic heterocycles. The first-order valence-electron chi connectivity index (χ1n) is 16.5. The number of methoxy groups -OCH3 is 2. The summed E-state index contributed by atoms with van der Waals surface area (Å²) in [7, 11) is -7.55. The predicted octanol–water partition coefficient (Wildman–Crippen LogP) is 9.15. The minimum atomic E-state index is -4.99. The lowest BCUT2D eigenvalue weighted by Crippen LogP contribution is -2.19. The number of ether oxygens (including phenoxy) is 2. The van der Waals surface area contributed by atoms with Gasteiger partial charge in [-0.05, 0) is 141 Å². The molecule has 6 N–H and O–H groups in total. The molecule has 0 bridgehead atoms. The van der Waals surface area contributed by atoms with Crippen molar-refractivity contribution in [2.75, 3.05) is 24.9 Å². The van der Waals surface area contributed by atoms with Gasteiger partial charge in [0.05, 0.1) is 36.7 Å². The lowest BCUT2D eigenvalue weighted by molar-refractivity contribution is 0.0592. The summed E-state index contributed by atoms with van der Waals surface area (Å²) in [6, 6.07) is 17.9. The maximum Gasteiger partial charge on any atom is 0.337 e. The lowest BCUT2D eigenvalue weighted by Gasteiger charge is -2.13. The molecule has 0 spiro atoms. The number of benzene rings is 6. The number of carbonyl (C=O) groups is 3. The Labute approximate surface area is 366 Å². The summed E-state index contributed by atoms with van der Waals surface area (Å²) in [5.41, 5.74) is -0.0725. The zero-order chi connectivity index (χ0) is 43.7. The van der Waals surface area contributed by atoms with Crippen molar-refractivity contribution >= 4 is 139 Å². The molecule has 19 nitrogen and oxygen atoms in total. The highest BCUT2D eigenvalue weighted by molar-refractivity contribution is 14.1. The van der Waals surface area contributed by atoms with Crippen molar-refractivity contribution in [3.63, 3.8) is 0 Å². The molecule has 6 aromatic carbocycles. The Kier molecular flexibility index (Phi) is 12.7. The van der Waals surface area contributed by atoms with Gasteiger partial charge >= 0.3 is 18.0 Å². The molecule has 0 aliphatic carbocycles. The molecule has 0 fully saturated rings. The third kappa shape index (κ3) is 9.44. The number of anilines is 2. The zero-order valence-corrected chi connectivity index (χ0v) is 36.4. The number of esters is 2. The average Bonchev–Trinajstić information content (AvgIpc) is 3.19. The maximum absolute atomic E-state index is 13.1. The smallest absolute Gasteiger partial charge is 0.337 e. The van der Waals surface area contributed by atoms with Crippen molar-refractivity contribution in [2.24, 2.45) is 20.5 Å². The van der Waals surface area contributed by atoms with Gasteiger partial charge in [-0.1, -0.05) is 0 Å². The predicted molar refractivity (Wildman–Crippen MR) is 233 cm³/mol. The van der Waals surface area contributed by atoms with Crippen LogP contribution in [-0.2, 0) is 29.7 Å². The highest BCUT2D eigenvalue weighted by Gasteiger charge is 2.24. The number of phenolic OH excluding ortho intramolecular Hbond substituents is 2. The number of nitrogens with zero attached hydrogens (tertiary/aromatic N) is 4. The fourth-order valence-electron chi connectivity index (χ4n) is 5.61. The van der Waals surface area contributed by atoms with Crippen molar-refractivity contribution in [3.05, 3.63) is 103 Å². The van der Waals surface area contributed by atoms with E-state index >= 15 is 0 Å². The van der Waals surface area contributed by atoms with Gasteiger partial charge in [-0.3, -0.25) is 9.11 Å². The summed E-state index contributed by atoms with van der Waals surface area (Å²) in [4.78, 5) is 35.2. The molecular formula is C37H26I2N6O13S2. The number of carbonyl (C=O) groups excluding carboxylic acids is 3. The first-order valence-corrected chi connectivity index (χ1v) is 21.5. The van der Waals surface area contributed by atoms with Gasteiger partial charge in [-0.2, -0.15) is 16.8 Å². The maximum atomic E-state index is 13.1. The van der Waals surface area contributed by atoms with Gasteiger partial charge < -0.3 is 30.3 Å². The topological polar surface area (TPSA) is 292 Å². The van der Waals surface area contributed by atoms with Crippen LogP contribution >= 0.6 is 45.2 Å². The van der Waals surface area contributed by atoms with Crippen LogP contribution in [0.1, 0.15) is 20.7 Å². The third-order valence-corrected chi connectivity index (χ3v) is 11.9. The number of azo groups is 2. The van der Waals surface area contributed by atoms with Crippen molar-refractivity contribution in [3.8, 4) is 11.5 Å². The van der Waals surface area contributed by atoms with Crippen LogP contribution in [0.2, 0.25) is 0 Å². The van der Waals surface area contributed by atoms with E-state index in [0.29, 0.717) is 7.14 Å². The van der Waals surface area contributed by atoms with Gasteiger partial charge in [0.2, 0.25) is 0 Å². The van der Waals surface area contributed by atoms with Crippen LogP contribution in [0.4, 0.5) is 38.9 Å². The van der Waals surface area contributed by atoms with Crippen LogP contribution in [-0.4, -0.2) is 68.3 Å². The number of rotatable bonds is 10. The minimum Gasteiger partial charge on any atom is -0.505 e. The normalized spacial score (nSPS) is 12.0. The number of halogens is 2. The van der Waals surface area contributed by atoms with E-state index in [2.05, 4.69) is 31.1 Å². The SMILES string of the molecule is COC(=O)c1ccc(N=Nc2c(S(=O)(=O)O)cc3cc(NC(=O)Nc4ccc5c(O)c(N=Nc6ccc(C(=O)OC)cc6I)c(S(=O)(=O)O)cc5c4)ccc3c2O)c(I)c1. The molecule has 0 unspecified atom stereocenters. The van der Waals surface area contributed by atoms with Crippen molar-refractivity contribution in [1.29, 1.82) is 0 Å². The Morgan fingerprint density at radius 1 is 0.567 bits per heavy atom. The van der Waals surface area contributed by atoms with E-state index in [1.165, 1.54) is 87.0 Å². The molecule has 308 valence electrons. The van der Waals surface area contributed by atoms with E-state index in [-0.39, 0.29) is 55.4 Å². The van der Waals surface area contributed by atoms with Gasteiger partial charge in [0.1, 0.15) is 21.2 Å². The van der Waals surface area contributed by atoms with Crippen LogP contribution < -0.4 is 10.6 Å². The number of hydrogen-bond donors (Lipinski definition) is 6. The van der Waals surface area contributed by atoms with E-state index in [9.17, 15) is 50.5 Å². The van der Waals surface area contributed by atoms with Crippen molar-refractivity contribution in [1.82, 2.24) is 0 Å². The molecule has 0 heterocycles. The second-order valence-electron chi connectivity index (χ2n) is 12.3. The molecule has 0 saturated heterocycles. The van der Waals surface area contributed by atoms with Crippen LogP contribution in [0.3, 0.4) is 0 Å². The highest BCUT2D eigenvalue weighted by Crippen LogP contribution is 2.44. The monoisotopic (exact) mass is 1080 g/mol. The van der Waals surface area contributed by atoms with E-state index in [1.54, 1.807) is 0 Å². The Hall–Kier alpha value is -5.87. The largest absolute Gasteiger partial charge is 0.505 e. The first-order chi connectivity index (χ1) is 28.3. The molecule has 0 aliphatic heterocycles. The molecule has 6 rings (SSSR count). The Morgan fingerprint density at radius 2 is 0.950 bits per heavy atom. The molecule has 0 atom stereocenters. The Balaban J connectivity index is 1.26. The summed E-state index contributed by atoms with van der Waals surface area (Å²) in [6.45, 7) is 0. The van der Waals surface area contributed by atoms with Crippen LogP contribution in [0.15, 0.2) is 115 Å². The number of urea groups is 1. The molecule has 0 radical (unpaired) electrons. The average molecular weight is 1080 g/mol. The van der Waals surface area contributed by atoms with Crippen LogP contribution in [0.25, 0.3) is 21.5 Å². The van der Waals surface area contributed by atoms with Gasteiger partial charge in [-0.25, -0.2) is 14.4 Å². The van der Waals surface area contributed by atoms with E-state index < -0.39 is 70.9 Å². The van der Waals surface area contributed by atoms with Gasteiger partial charge in [-0.15, -0.1) is 20.5 Å². The fourth-order valence-corrected chi connectivity index (χ4v) is 8.17. The lowest BCUT2D eigenvalue weighted by atomic mass is 10.1. The number of aromatic hydroxyl groups is 2. The molecule has 0 aliphatic rings. The standard InChI is InChI=1S/C37H26I2N6O13S2/c1-57-35(48)17-3-9-27(25(38)13-17)42-44-31-29(59(51,52)53)15-19-11-21(5-7-23(19)33(31)46)40-37(50)41-22-6-8-24-20(12-22)16-30(60(54,55)56)32(34(24)47)45-43-28-10-4-18(14-26(28)39)36(49)58-2/h3-16,46-47H,1-2H3,(H2,40,41,50)(H,51,52,53)(H,54,55,56). The molecule has 6 aromatic rings. The van der Waals surface area contributed by atoms with Gasteiger partial charge in [0.25, 0.3) is 20.2 Å². The van der Waals surface area contributed by atoms with E-state index in [1.807, 2.05) is 45.2 Å². The number of fused-ring (bicyclic) bond motifs is 2. The third-order valence-electron chi connectivity index (χ3n) is 8.43. The summed E-state index contributed by atoms with van der Waals surface area (Å²) < 4.78 is 80.0. The number of phenols is 2.